The van der Waals surface area contributed by atoms with Gasteiger partial charge in [-0.25, -0.2) is 9.97 Å². The Morgan fingerprint density at radius 1 is 1.17 bits per heavy atom. The molecule has 0 fully saturated rings. The minimum absolute atomic E-state index is 0.674. The van der Waals surface area contributed by atoms with E-state index in [4.69, 9.17) is 11.6 Å². The van der Waals surface area contributed by atoms with Crippen LogP contribution in [0, 0.1) is 0 Å². The number of halogens is 1. The second-order valence-electron chi connectivity index (χ2n) is 3.93. The molecule has 18 heavy (non-hydrogen) atoms. The molecule has 0 spiro atoms. The molecule has 1 N–H and O–H groups in total. The molecule has 1 heterocycles. The number of benzene rings is 1. The minimum atomic E-state index is 0.674. The molecule has 0 atom stereocenters. The largest absolute Gasteiger partial charge is 0.370 e. The number of nitrogens with one attached hydrogen (secondary N) is 1. The number of rotatable bonds is 4. The molecule has 0 saturated heterocycles. The molecule has 4 heteroatoms. The summed E-state index contributed by atoms with van der Waals surface area (Å²) in [7, 11) is 0. The molecule has 0 aliphatic heterocycles. The third kappa shape index (κ3) is 2.79. The van der Waals surface area contributed by atoms with Gasteiger partial charge < -0.3 is 5.32 Å². The number of hydrogen-bond donors (Lipinski definition) is 1. The highest BCUT2D eigenvalue weighted by molar-refractivity contribution is 6.33. The fourth-order valence-corrected chi connectivity index (χ4v) is 1.93. The van der Waals surface area contributed by atoms with E-state index >= 15 is 0 Å². The number of nitrogens with zero attached hydrogens (tertiary/aromatic N) is 2. The zero-order valence-corrected chi connectivity index (χ0v) is 11.3. The van der Waals surface area contributed by atoms with Crippen molar-refractivity contribution in [3.05, 3.63) is 41.0 Å². The van der Waals surface area contributed by atoms with Crippen molar-refractivity contribution in [2.45, 2.75) is 20.3 Å². The van der Waals surface area contributed by atoms with Crippen LogP contribution < -0.4 is 5.32 Å². The van der Waals surface area contributed by atoms with Gasteiger partial charge in [-0.15, -0.1) is 0 Å². The van der Waals surface area contributed by atoms with Crippen molar-refractivity contribution in [1.82, 2.24) is 9.97 Å². The second kappa shape index (κ2) is 5.83. The van der Waals surface area contributed by atoms with Crippen molar-refractivity contribution in [3.63, 3.8) is 0 Å². The van der Waals surface area contributed by atoms with Crippen molar-refractivity contribution >= 4 is 17.4 Å². The van der Waals surface area contributed by atoms with E-state index in [1.54, 1.807) is 0 Å². The van der Waals surface area contributed by atoms with Gasteiger partial charge in [0.15, 0.2) is 5.82 Å². The SMILES string of the molecule is CCNc1cc(CC)nc(-c2ccccc2Cl)n1. The average molecular weight is 262 g/mol. The van der Waals surface area contributed by atoms with Crippen LogP contribution >= 0.6 is 11.6 Å². The molecule has 0 aliphatic carbocycles. The van der Waals surface area contributed by atoms with E-state index in [9.17, 15) is 0 Å². The molecule has 0 unspecified atom stereocenters. The molecule has 0 amide bonds. The van der Waals surface area contributed by atoms with E-state index < -0.39 is 0 Å². The van der Waals surface area contributed by atoms with Crippen LogP contribution in [0.1, 0.15) is 19.5 Å². The summed E-state index contributed by atoms with van der Waals surface area (Å²) in [5.74, 6) is 1.52. The lowest BCUT2D eigenvalue weighted by Gasteiger charge is -2.09. The van der Waals surface area contributed by atoms with Crippen LogP contribution in [-0.2, 0) is 6.42 Å². The summed E-state index contributed by atoms with van der Waals surface area (Å²) in [5, 5.41) is 3.89. The summed E-state index contributed by atoms with van der Waals surface area (Å²) >= 11 is 6.18. The molecule has 0 radical (unpaired) electrons. The molecule has 1 aromatic heterocycles. The molecular weight excluding hydrogens is 246 g/mol. The summed E-state index contributed by atoms with van der Waals surface area (Å²) in [5.41, 5.74) is 1.88. The molecular formula is C14H16ClN3. The predicted molar refractivity (Wildman–Crippen MR) is 76.0 cm³/mol. The number of aryl methyl sites for hydroxylation is 1. The molecule has 2 aromatic rings. The molecule has 2 rings (SSSR count). The van der Waals surface area contributed by atoms with E-state index in [-0.39, 0.29) is 0 Å². The summed E-state index contributed by atoms with van der Waals surface area (Å²) in [6.07, 6.45) is 0.873. The molecule has 0 saturated carbocycles. The van der Waals surface area contributed by atoms with Crippen LogP contribution in [0.4, 0.5) is 5.82 Å². The third-order valence-corrected chi connectivity index (χ3v) is 2.94. The first-order valence-corrected chi connectivity index (χ1v) is 6.49. The lowest BCUT2D eigenvalue weighted by molar-refractivity contribution is 0.998. The Morgan fingerprint density at radius 2 is 1.94 bits per heavy atom. The topological polar surface area (TPSA) is 37.8 Å². The fourth-order valence-electron chi connectivity index (χ4n) is 1.71. The predicted octanol–water partition coefficient (Wildman–Crippen LogP) is 3.79. The summed E-state index contributed by atoms with van der Waals surface area (Å²) in [6.45, 7) is 4.96. The van der Waals surface area contributed by atoms with Crippen molar-refractivity contribution in [1.29, 1.82) is 0 Å². The Kier molecular flexibility index (Phi) is 4.15. The van der Waals surface area contributed by atoms with Gasteiger partial charge in [0, 0.05) is 23.9 Å². The highest BCUT2D eigenvalue weighted by Gasteiger charge is 2.08. The quantitative estimate of drug-likeness (QED) is 0.910. The Labute approximate surface area is 112 Å². The maximum atomic E-state index is 6.18. The maximum absolute atomic E-state index is 6.18. The first-order valence-electron chi connectivity index (χ1n) is 6.11. The van der Waals surface area contributed by atoms with Crippen LogP contribution in [0.15, 0.2) is 30.3 Å². The number of aromatic nitrogens is 2. The zero-order chi connectivity index (χ0) is 13.0. The van der Waals surface area contributed by atoms with Crippen molar-refractivity contribution in [3.8, 4) is 11.4 Å². The van der Waals surface area contributed by atoms with E-state index in [1.165, 1.54) is 0 Å². The van der Waals surface area contributed by atoms with Gasteiger partial charge in [0.1, 0.15) is 5.82 Å². The highest BCUT2D eigenvalue weighted by Crippen LogP contribution is 2.25. The lowest BCUT2D eigenvalue weighted by atomic mass is 10.2. The lowest BCUT2D eigenvalue weighted by Crippen LogP contribution is -2.03. The zero-order valence-electron chi connectivity index (χ0n) is 10.6. The van der Waals surface area contributed by atoms with Gasteiger partial charge in [0.2, 0.25) is 0 Å². The fraction of sp³-hybridized carbons (Fsp3) is 0.286. The summed E-state index contributed by atoms with van der Waals surface area (Å²) < 4.78 is 0. The molecule has 3 nitrogen and oxygen atoms in total. The van der Waals surface area contributed by atoms with Gasteiger partial charge >= 0.3 is 0 Å². The van der Waals surface area contributed by atoms with Crippen LogP contribution in [0.25, 0.3) is 11.4 Å². The second-order valence-corrected chi connectivity index (χ2v) is 4.34. The van der Waals surface area contributed by atoms with Gasteiger partial charge in [0.05, 0.1) is 5.02 Å². The van der Waals surface area contributed by atoms with Crippen LogP contribution in [0.5, 0.6) is 0 Å². The molecule has 0 aliphatic rings. The number of anilines is 1. The van der Waals surface area contributed by atoms with Crippen LogP contribution in [-0.4, -0.2) is 16.5 Å². The van der Waals surface area contributed by atoms with E-state index in [0.717, 1.165) is 30.0 Å². The maximum Gasteiger partial charge on any atom is 0.163 e. The summed E-state index contributed by atoms with van der Waals surface area (Å²) in [6, 6.07) is 9.61. The Hall–Kier alpha value is -1.61. The molecule has 94 valence electrons. The monoisotopic (exact) mass is 261 g/mol. The third-order valence-electron chi connectivity index (χ3n) is 2.61. The Balaban J connectivity index is 2.50. The minimum Gasteiger partial charge on any atom is -0.370 e. The highest BCUT2D eigenvalue weighted by atomic mass is 35.5. The van der Waals surface area contributed by atoms with Gasteiger partial charge in [-0.2, -0.15) is 0 Å². The van der Waals surface area contributed by atoms with Crippen LogP contribution in [0.2, 0.25) is 5.02 Å². The Bertz CT molecular complexity index is 540. The van der Waals surface area contributed by atoms with Crippen molar-refractivity contribution < 1.29 is 0 Å². The van der Waals surface area contributed by atoms with E-state index in [0.29, 0.717) is 10.8 Å². The standard InChI is InChI=1S/C14H16ClN3/c1-3-10-9-13(16-4-2)18-14(17-10)11-7-5-6-8-12(11)15/h5-9H,3-4H2,1-2H3,(H,16,17,18). The van der Waals surface area contributed by atoms with E-state index in [1.807, 2.05) is 37.3 Å². The summed E-state index contributed by atoms with van der Waals surface area (Å²) in [4.78, 5) is 9.03. The van der Waals surface area contributed by atoms with Crippen LogP contribution in [0.3, 0.4) is 0 Å². The molecule has 0 bridgehead atoms. The van der Waals surface area contributed by atoms with E-state index in [2.05, 4.69) is 22.2 Å². The van der Waals surface area contributed by atoms with Gasteiger partial charge in [-0.05, 0) is 25.5 Å². The Morgan fingerprint density at radius 3 is 2.61 bits per heavy atom. The molecule has 1 aromatic carbocycles. The van der Waals surface area contributed by atoms with Gasteiger partial charge in [-0.1, -0.05) is 30.7 Å². The average Bonchev–Trinajstić information content (AvgIpc) is 2.39. The number of hydrogen-bond acceptors (Lipinski definition) is 3. The first-order chi connectivity index (χ1) is 8.74. The van der Waals surface area contributed by atoms with Crippen molar-refractivity contribution in [2.75, 3.05) is 11.9 Å². The van der Waals surface area contributed by atoms with Crippen molar-refractivity contribution in [2.24, 2.45) is 0 Å². The smallest absolute Gasteiger partial charge is 0.163 e. The van der Waals surface area contributed by atoms with Gasteiger partial charge in [-0.3, -0.25) is 0 Å². The first kappa shape index (κ1) is 12.8. The normalized spacial score (nSPS) is 10.4. The van der Waals surface area contributed by atoms with Gasteiger partial charge in [0.25, 0.3) is 0 Å².